The standard InChI is InChI=1S/C6H6N2O.C6H4N2O.2BrH.H2O2/c7-4-5(8)6-2-1-3-9-6;7-4-5-6(9)2-1-3-8-5;;;1-2/h1-3,5H,8H2;1-3,9H;2*1H;1-2H. The van der Waals surface area contributed by atoms with Crippen LogP contribution in [-0.4, -0.2) is 20.6 Å². The number of nitrogens with zero attached hydrogens (tertiary/aromatic N) is 3. The van der Waals surface area contributed by atoms with Gasteiger partial charge in [-0.2, -0.15) is 10.5 Å². The summed E-state index contributed by atoms with van der Waals surface area (Å²) in [4.78, 5) is 3.59. The number of rotatable bonds is 1. The minimum absolute atomic E-state index is 0. The van der Waals surface area contributed by atoms with Crippen LogP contribution < -0.4 is 22.7 Å². The topological polar surface area (TPSA) is 162 Å². The fourth-order valence-corrected chi connectivity index (χ4v) is 1.04. The Morgan fingerprint density at radius 3 is 2.23 bits per heavy atom. The van der Waals surface area contributed by atoms with Crippen molar-refractivity contribution in [1.82, 2.24) is 4.98 Å². The van der Waals surface area contributed by atoms with E-state index in [2.05, 4.69) is 10.7 Å². The van der Waals surface area contributed by atoms with E-state index in [0.717, 1.165) is 0 Å². The summed E-state index contributed by atoms with van der Waals surface area (Å²) in [6.07, 6.45) is 2.99. The summed E-state index contributed by atoms with van der Waals surface area (Å²) < 4.78 is 4.90. The number of pyridine rings is 1. The van der Waals surface area contributed by atoms with Crippen LogP contribution in [0.2, 0.25) is 0 Å². The third-order valence-corrected chi connectivity index (χ3v) is 1.93. The first-order chi connectivity index (χ1) is 9.69. The molecule has 22 heavy (non-hydrogen) atoms. The molecule has 8 nitrogen and oxygen atoms in total. The van der Waals surface area contributed by atoms with Gasteiger partial charge in [-0.05, 0) is 24.3 Å². The second-order valence-electron chi connectivity index (χ2n) is 3.18. The SMILES string of the molecule is Br.N#CC([NH3+])c1ccco1.N#Cc1ncccc1O.OO.[Br-]. The van der Waals surface area contributed by atoms with Crippen LogP contribution in [0.25, 0.3) is 0 Å². The van der Waals surface area contributed by atoms with Crippen LogP contribution in [0, 0.1) is 22.7 Å². The lowest BCUT2D eigenvalue weighted by Gasteiger charge is -1.89. The van der Waals surface area contributed by atoms with Crippen molar-refractivity contribution in [2.75, 3.05) is 0 Å². The summed E-state index contributed by atoms with van der Waals surface area (Å²) in [7, 11) is 0. The number of nitriles is 2. The highest BCUT2D eigenvalue weighted by atomic mass is 79.9. The minimum Gasteiger partial charge on any atom is -1.00 e. The third-order valence-electron chi connectivity index (χ3n) is 1.93. The smallest absolute Gasteiger partial charge is 0.229 e. The highest BCUT2D eigenvalue weighted by Gasteiger charge is 2.08. The predicted molar refractivity (Wildman–Crippen MR) is 76.1 cm³/mol. The fourth-order valence-electron chi connectivity index (χ4n) is 1.04. The molecule has 0 amide bonds. The van der Waals surface area contributed by atoms with E-state index in [9.17, 15) is 0 Å². The Balaban J connectivity index is -0.000000273. The van der Waals surface area contributed by atoms with E-state index < -0.39 is 0 Å². The van der Waals surface area contributed by atoms with Gasteiger partial charge < -0.3 is 32.2 Å². The molecule has 0 radical (unpaired) electrons. The molecule has 120 valence electrons. The zero-order valence-electron chi connectivity index (χ0n) is 11.1. The summed E-state index contributed by atoms with van der Waals surface area (Å²) in [5.41, 5.74) is 3.61. The first-order valence-electron chi connectivity index (χ1n) is 5.19. The normalized spacial score (nSPS) is 8.77. The van der Waals surface area contributed by atoms with Crippen LogP contribution in [-0.2, 0) is 0 Å². The van der Waals surface area contributed by atoms with Gasteiger partial charge in [0.1, 0.15) is 12.1 Å². The van der Waals surface area contributed by atoms with Gasteiger partial charge in [0.15, 0.2) is 17.2 Å². The first kappa shape index (κ1) is 25.0. The molecule has 1 atom stereocenters. The maximum atomic E-state index is 8.83. The van der Waals surface area contributed by atoms with E-state index in [4.69, 9.17) is 30.6 Å². The van der Waals surface area contributed by atoms with Gasteiger partial charge in [0.05, 0.1) is 6.26 Å². The minimum atomic E-state index is -0.375. The van der Waals surface area contributed by atoms with Crippen LogP contribution in [0.15, 0.2) is 41.1 Å². The van der Waals surface area contributed by atoms with E-state index >= 15 is 0 Å². The Bertz CT molecular complexity index is 582. The zero-order valence-corrected chi connectivity index (χ0v) is 14.4. The molecule has 0 aliphatic heterocycles. The Kier molecular flexibility index (Phi) is 17.6. The quantitative estimate of drug-likeness (QED) is 0.306. The van der Waals surface area contributed by atoms with E-state index in [1.54, 1.807) is 24.3 Å². The Labute approximate surface area is 147 Å². The molecule has 0 aliphatic rings. The molecule has 0 saturated carbocycles. The van der Waals surface area contributed by atoms with E-state index in [1.807, 2.05) is 6.07 Å². The Morgan fingerprint density at radius 2 is 1.86 bits per heavy atom. The number of aromatic nitrogens is 1. The van der Waals surface area contributed by atoms with Crippen LogP contribution in [0.5, 0.6) is 5.75 Å². The molecule has 0 saturated heterocycles. The highest BCUT2D eigenvalue weighted by Crippen LogP contribution is 2.09. The Morgan fingerprint density at radius 1 is 1.23 bits per heavy atom. The number of hydrogen-bond donors (Lipinski definition) is 4. The maximum absolute atomic E-state index is 8.83. The van der Waals surface area contributed by atoms with E-state index in [-0.39, 0.29) is 51.4 Å². The van der Waals surface area contributed by atoms with E-state index in [0.29, 0.717) is 5.76 Å². The van der Waals surface area contributed by atoms with Crippen molar-refractivity contribution in [3.05, 3.63) is 48.2 Å². The average Bonchev–Trinajstić information content (AvgIpc) is 3.04. The van der Waals surface area contributed by atoms with Gasteiger partial charge in [-0.3, -0.25) is 10.5 Å². The van der Waals surface area contributed by atoms with E-state index in [1.165, 1.54) is 18.5 Å². The third kappa shape index (κ3) is 9.07. The van der Waals surface area contributed by atoms with Crippen molar-refractivity contribution in [1.29, 1.82) is 10.5 Å². The van der Waals surface area contributed by atoms with Crippen molar-refractivity contribution in [3.63, 3.8) is 0 Å². The largest absolute Gasteiger partial charge is 1.00 e. The van der Waals surface area contributed by atoms with Crippen LogP contribution in [0.3, 0.4) is 0 Å². The van der Waals surface area contributed by atoms with Crippen molar-refractivity contribution in [2.24, 2.45) is 0 Å². The molecule has 2 aromatic heterocycles. The zero-order chi connectivity index (χ0) is 15.4. The molecule has 0 spiro atoms. The molecule has 0 fully saturated rings. The van der Waals surface area contributed by atoms with Crippen molar-refractivity contribution < 1.29 is 42.8 Å². The predicted octanol–water partition coefficient (Wildman–Crippen LogP) is -1.66. The summed E-state index contributed by atoms with van der Waals surface area (Å²) in [5, 5.41) is 37.4. The van der Waals surface area contributed by atoms with Gasteiger partial charge in [0.25, 0.3) is 0 Å². The van der Waals surface area contributed by atoms with Gasteiger partial charge in [0.2, 0.25) is 6.04 Å². The van der Waals surface area contributed by atoms with Crippen molar-refractivity contribution >= 4 is 17.0 Å². The lowest BCUT2D eigenvalue weighted by Crippen LogP contribution is -3.00. The van der Waals surface area contributed by atoms with Crippen LogP contribution in [0.1, 0.15) is 17.5 Å². The lowest BCUT2D eigenvalue weighted by molar-refractivity contribution is -0.409. The number of hydrogen-bond acceptors (Lipinski definition) is 7. The highest BCUT2D eigenvalue weighted by molar-refractivity contribution is 8.93. The molecule has 10 heteroatoms. The second-order valence-corrected chi connectivity index (χ2v) is 3.18. The molecule has 2 rings (SSSR count). The lowest BCUT2D eigenvalue weighted by atomic mass is 10.3. The van der Waals surface area contributed by atoms with Gasteiger partial charge in [-0.25, -0.2) is 4.98 Å². The molecule has 0 aliphatic carbocycles. The second kappa shape index (κ2) is 15.4. The fraction of sp³-hybridized carbons (Fsp3) is 0.0833. The molecule has 2 aromatic rings. The summed E-state index contributed by atoms with van der Waals surface area (Å²) in [5.74, 6) is 0.553. The molecule has 1 unspecified atom stereocenters. The Hall–Kier alpha value is -1.95. The summed E-state index contributed by atoms with van der Waals surface area (Å²) in [6, 6.07) is 9.79. The van der Waals surface area contributed by atoms with Gasteiger partial charge in [0, 0.05) is 6.20 Å². The monoisotopic (exact) mass is 436 g/mol. The maximum Gasteiger partial charge on any atom is 0.229 e. The molecule has 2 heterocycles. The number of aromatic hydroxyl groups is 1. The molecule has 0 bridgehead atoms. The van der Waals surface area contributed by atoms with Crippen LogP contribution in [0.4, 0.5) is 0 Å². The summed E-state index contributed by atoms with van der Waals surface area (Å²) in [6.45, 7) is 0. The van der Waals surface area contributed by atoms with Gasteiger partial charge in [-0.1, -0.05) is 0 Å². The van der Waals surface area contributed by atoms with Gasteiger partial charge in [-0.15, -0.1) is 17.0 Å². The molecular weight excluding hydrogens is 424 g/mol. The first-order valence-corrected chi connectivity index (χ1v) is 5.19. The molecular formula is C12H14Br2N4O4. The number of furan rings is 1. The average molecular weight is 438 g/mol. The van der Waals surface area contributed by atoms with Gasteiger partial charge >= 0.3 is 0 Å². The van der Waals surface area contributed by atoms with Crippen molar-refractivity contribution in [2.45, 2.75) is 6.04 Å². The van der Waals surface area contributed by atoms with Crippen molar-refractivity contribution in [3.8, 4) is 17.9 Å². The molecule has 0 aromatic carbocycles. The number of quaternary nitrogens is 1. The molecule has 6 N–H and O–H groups in total. The number of halogens is 2. The summed E-state index contributed by atoms with van der Waals surface area (Å²) >= 11 is 0. The van der Waals surface area contributed by atoms with Crippen LogP contribution >= 0.6 is 17.0 Å².